The van der Waals surface area contributed by atoms with Crippen molar-refractivity contribution in [2.24, 2.45) is 5.92 Å². The van der Waals surface area contributed by atoms with Crippen molar-refractivity contribution in [3.05, 3.63) is 105 Å². The summed E-state index contributed by atoms with van der Waals surface area (Å²) in [5.74, 6) is 0.556. The molecule has 4 rings (SSSR count). The predicted molar refractivity (Wildman–Crippen MR) is 129 cm³/mol. The molecule has 0 spiro atoms. The molecular weight excluding hydrogens is 478 g/mol. The summed E-state index contributed by atoms with van der Waals surface area (Å²) < 4.78 is 0. The molecule has 0 N–H and O–H groups in total. The van der Waals surface area contributed by atoms with Crippen LogP contribution in [0.1, 0.15) is 13.8 Å². The molecule has 1 aliphatic rings. The fourth-order valence-corrected chi connectivity index (χ4v) is 2.76. The van der Waals surface area contributed by atoms with E-state index in [1.807, 2.05) is 0 Å². The van der Waals surface area contributed by atoms with E-state index in [1.54, 1.807) is 0 Å². The van der Waals surface area contributed by atoms with E-state index in [0.717, 1.165) is 0 Å². The topological polar surface area (TPSA) is 0 Å². The minimum absolute atomic E-state index is 0. The van der Waals surface area contributed by atoms with Gasteiger partial charge in [0.05, 0.1) is 0 Å². The van der Waals surface area contributed by atoms with Gasteiger partial charge in [0.15, 0.2) is 0 Å². The van der Waals surface area contributed by atoms with Crippen molar-refractivity contribution in [2.75, 3.05) is 0 Å². The van der Waals surface area contributed by atoms with Gasteiger partial charge in [-0.1, -0.05) is 61.7 Å². The van der Waals surface area contributed by atoms with E-state index in [1.165, 1.54) is 50.8 Å². The molecule has 0 nitrogen and oxygen atoms in total. The average molecular weight is 507 g/mol. The molecule has 0 fully saturated rings. The van der Waals surface area contributed by atoms with E-state index in [9.17, 15) is 0 Å². The van der Waals surface area contributed by atoms with Crippen molar-refractivity contribution >= 4 is 42.5 Å². The van der Waals surface area contributed by atoms with Crippen LogP contribution in [0.5, 0.6) is 0 Å². The van der Waals surface area contributed by atoms with Gasteiger partial charge in [-0.15, -0.1) is 71.5 Å². The summed E-state index contributed by atoms with van der Waals surface area (Å²) in [4.78, 5) is 0. The Bertz CT molecular complexity index is 838. The third-order valence-corrected chi connectivity index (χ3v) is 3.86. The van der Waals surface area contributed by atoms with Gasteiger partial charge in [0.25, 0.3) is 0 Å². The smallest absolute Gasteiger partial charge is 0.0623 e. The Labute approximate surface area is 200 Å². The molecule has 1 unspecified atom stereocenters. The minimum atomic E-state index is 0. The summed E-state index contributed by atoms with van der Waals surface area (Å²) in [7, 11) is 0. The molecule has 0 saturated carbocycles. The van der Waals surface area contributed by atoms with Crippen molar-refractivity contribution in [3.63, 3.8) is 0 Å². The van der Waals surface area contributed by atoms with Gasteiger partial charge in [-0.05, 0) is 0 Å². The summed E-state index contributed by atoms with van der Waals surface area (Å²) in [6.07, 6.45) is 7.47. The number of hydrogen-bond acceptors (Lipinski definition) is 0. The van der Waals surface area contributed by atoms with Crippen LogP contribution in [-0.2, 0) is 23.3 Å². The first-order valence-corrected chi connectivity index (χ1v) is 12.2. The number of hydrogen-bond donors (Lipinski definition) is 0. The number of rotatable bonds is 1. The second-order valence-electron chi connectivity index (χ2n) is 5.68. The molecule has 2 radical (unpaired) electrons. The standard InChI is InChI=1S/C15H11.C7H9.2CH3.2ClH.Si.Zr/c1-2-6-12(7-3-1)15-11-10-13-8-4-5-9-14(13)15;1-6-3-4-7(2)5-6;;;;;;/h1-11H;3-4,6H,1-2H3;2*1H3;2*1H;;/q4*-1;;;;. The van der Waals surface area contributed by atoms with Crippen LogP contribution in [-0.4, -0.2) is 6.88 Å². The molecule has 28 heavy (non-hydrogen) atoms. The van der Waals surface area contributed by atoms with Crippen LogP contribution in [0.15, 0.2) is 84.5 Å². The second-order valence-corrected chi connectivity index (χ2v) is 5.68. The third-order valence-electron chi connectivity index (χ3n) is 3.86. The molecule has 3 aromatic rings. The Morgan fingerprint density at radius 2 is 1.50 bits per heavy atom. The Kier molecular flexibility index (Phi) is 19.5. The Morgan fingerprint density at radius 1 is 0.929 bits per heavy atom. The molecule has 0 saturated heterocycles. The zero-order chi connectivity index (χ0) is 17.4. The maximum absolute atomic E-state index is 3.22. The molecule has 0 amide bonds. The van der Waals surface area contributed by atoms with Crippen LogP contribution < -0.4 is 0 Å². The Hall–Kier alpha value is -0.790. The minimum Gasteiger partial charge on any atom is -0.150 e. The molecule has 4 heteroatoms. The summed E-state index contributed by atoms with van der Waals surface area (Å²) in [6.45, 7) is 7.26. The van der Waals surface area contributed by atoms with Gasteiger partial charge in [-0.3, -0.25) is 6.08 Å². The maximum Gasteiger partial charge on any atom is -0.0623 e. The maximum atomic E-state index is 3.22. The van der Waals surface area contributed by atoms with Crippen LogP contribution in [0.3, 0.4) is 0 Å². The van der Waals surface area contributed by atoms with Gasteiger partial charge >= 0.3 is 30.2 Å². The van der Waals surface area contributed by atoms with Crippen molar-refractivity contribution in [1.29, 1.82) is 0 Å². The van der Waals surface area contributed by atoms with Crippen LogP contribution in [0.2, 0.25) is 0 Å². The Balaban J connectivity index is -0.000000420. The zero-order valence-electron chi connectivity index (χ0n) is 16.9. The molecule has 0 bridgehead atoms. The predicted octanol–water partition coefficient (Wildman–Crippen LogP) is 7.53. The average Bonchev–Trinajstić information content (AvgIpc) is 3.23. The van der Waals surface area contributed by atoms with Gasteiger partial charge in [0.2, 0.25) is 0 Å². The van der Waals surface area contributed by atoms with Crippen molar-refractivity contribution in [2.45, 2.75) is 13.8 Å². The van der Waals surface area contributed by atoms with Crippen LogP contribution in [0, 0.1) is 26.8 Å². The SMILES string of the molecule is CC1=[C-]C(C)C=C1.Cl.Cl.[CH3-].[CH3-].[Si]=[Zr].c1ccc(-c2c[cH-]c3ccccc23)cc1. The molecule has 3 aromatic carbocycles. The van der Waals surface area contributed by atoms with E-state index < -0.39 is 0 Å². The first kappa shape index (κ1) is 31.9. The summed E-state index contributed by atoms with van der Waals surface area (Å²) in [5, 5.41) is 2.65. The molecular formula is C24H28Cl2SiZr-4. The number of halogens is 2. The molecule has 1 aliphatic carbocycles. The molecule has 0 heterocycles. The number of allylic oxidation sites excluding steroid dienone is 4. The summed E-state index contributed by atoms with van der Waals surface area (Å²) >= 11 is 1.36. The van der Waals surface area contributed by atoms with Crippen molar-refractivity contribution in [3.8, 4) is 11.1 Å². The van der Waals surface area contributed by atoms with Gasteiger partial charge in [-0.2, -0.15) is 6.08 Å². The third kappa shape index (κ3) is 9.14. The van der Waals surface area contributed by atoms with E-state index in [-0.39, 0.29) is 39.7 Å². The largest absolute Gasteiger partial charge is 0.150 e. The van der Waals surface area contributed by atoms with E-state index in [0.29, 0.717) is 5.92 Å². The molecule has 1 atom stereocenters. The van der Waals surface area contributed by atoms with Crippen LogP contribution in [0.25, 0.3) is 21.9 Å². The quantitative estimate of drug-likeness (QED) is 0.236. The zero-order valence-corrected chi connectivity index (χ0v) is 22.0. The fourth-order valence-electron chi connectivity index (χ4n) is 2.76. The number of benzene rings is 2. The second kappa shape index (κ2) is 17.1. The van der Waals surface area contributed by atoms with Gasteiger partial charge in [0.1, 0.15) is 0 Å². The normalized spacial score (nSPS) is 12.9. The van der Waals surface area contributed by atoms with Gasteiger partial charge in [0, 0.05) is 0 Å². The molecule has 0 aliphatic heterocycles. The van der Waals surface area contributed by atoms with Gasteiger partial charge < -0.3 is 14.9 Å². The van der Waals surface area contributed by atoms with Gasteiger partial charge in [-0.25, -0.2) is 11.6 Å². The molecule has 0 aromatic heterocycles. The van der Waals surface area contributed by atoms with E-state index in [2.05, 4.69) is 106 Å². The Morgan fingerprint density at radius 3 is 2.00 bits per heavy atom. The number of fused-ring (bicyclic) bond motifs is 1. The van der Waals surface area contributed by atoms with E-state index in [4.69, 9.17) is 0 Å². The van der Waals surface area contributed by atoms with Crippen molar-refractivity contribution < 1.29 is 23.3 Å². The van der Waals surface area contributed by atoms with E-state index >= 15 is 0 Å². The van der Waals surface area contributed by atoms with Crippen LogP contribution in [0.4, 0.5) is 0 Å². The first-order chi connectivity index (χ1) is 11.7. The molecule has 150 valence electrons. The van der Waals surface area contributed by atoms with Crippen molar-refractivity contribution in [1.82, 2.24) is 0 Å². The monoisotopic (exact) mass is 504 g/mol. The first-order valence-electron chi connectivity index (χ1n) is 7.97. The summed E-state index contributed by atoms with van der Waals surface area (Å²) in [5.41, 5.74) is 3.89. The van der Waals surface area contributed by atoms with Crippen LogP contribution >= 0.6 is 24.8 Å². The fraction of sp³-hybridized carbons (Fsp3) is 0.125. The summed E-state index contributed by atoms with van der Waals surface area (Å²) in [6, 6.07) is 23.4.